The van der Waals surface area contributed by atoms with Gasteiger partial charge in [-0.15, -0.1) is 0 Å². The second-order valence-electron chi connectivity index (χ2n) is 7.39. The van der Waals surface area contributed by atoms with Gasteiger partial charge in [-0.25, -0.2) is 9.97 Å². The van der Waals surface area contributed by atoms with Crippen molar-refractivity contribution in [3.8, 4) is 11.1 Å². The zero-order valence-corrected chi connectivity index (χ0v) is 16.2. The number of aliphatic hydroxyl groups excluding tert-OH is 1. The van der Waals surface area contributed by atoms with Crippen LogP contribution < -0.4 is 4.90 Å². The number of rotatable bonds is 3. The summed E-state index contributed by atoms with van der Waals surface area (Å²) in [6.45, 7) is 1.58. The molecular formula is C22H24N4O2. The third-order valence-corrected chi connectivity index (χ3v) is 5.26. The number of aromatic nitrogens is 2. The number of para-hydroxylation sites is 1. The molecule has 6 heteroatoms. The number of fused-ring (bicyclic) bond motifs is 1. The van der Waals surface area contributed by atoms with E-state index in [0.29, 0.717) is 5.56 Å². The Hall–Kier alpha value is -2.99. The summed E-state index contributed by atoms with van der Waals surface area (Å²) in [5.74, 6) is 0.902. The molecule has 1 amide bonds. The van der Waals surface area contributed by atoms with Crippen LogP contribution in [0.4, 0.5) is 5.82 Å². The molecule has 3 aromatic rings. The third kappa shape index (κ3) is 3.43. The Labute approximate surface area is 164 Å². The Morgan fingerprint density at radius 2 is 1.79 bits per heavy atom. The van der Waals surface area contributed by atoms with Crippen LogP contribution in [0.2, 0.25) is 0 Å². The number of hydrogen-bond acceptors (Lipinski definition) is 5. The first-order valence-corrected chi connectivity index (χ1v) is 9.53. The van der Waals surface area contributed by atoms with Gasteiger partial charge in [0.1, 0.15) is 12.1 Å². The summed E-state index contributed by atoms with van der Waals surface area (Å²) in [5.41, 5.74) is 3.59. The highest BCUT2D eigenvalue weighted by atomic mass is 16.3. The number of aliphatic hydroxyl groups is 1. The minimum atomic E-state index is -0.219. The molecule has 1 saturated heterocycles. The van der Waals surface area contributed by atoms with E-state index in [2.05, 4.69) is 14.9 Å². The lowest BCUT2D eigenvalue weighted by molar-refractivity contribution is 0.0827. The van der Waals surface area contributed by atoms with Gasteiger partial charge in [0, 0.05) is 43.7 Å². The molecule has 2 aromatic carbocycles. The Morgan fingerprint density at radius 1 is 1.07 bits per heavy atom. The Bertz CT molecular complexity index is 993. The molecule has 1 fully saturated rings. The lowest BCUT2D eigenvalue weighted by Gasteiger charge is -2.31. The normalized spacial score (nSPS) is 15.0. The van der Waals surface area contributed by atoms with Crippen LogP contribution in [0.1, 0.15) is 23.2 Å². The summed E-state index contributed by atoms with van der Waals surface area (Å²) < 4.78 is 0. The zero-order valence-electron chi connectivity index (χ0n) is 16.2. The highest BCUT2D eigenvalue weighted by Gasteiger charge is 2.20. The predicted octanol–water partition coefficient (Wildman–Crippen LogP) is 2.96. The van der Waals surface area contributed by atoms with Crippen molar-refractivity contribution in [3.05, 3.63) is 54.4 Å². The molecule has 0 spiro atoms. The number of carbonyl (C=O) groups excluding carboxylic acids is 1. The van der Waals surface area contributed by atoms with Crippen molar-refractivity contribution in [1.29, 1.82) is 0 Å². The van der Waals surface area contributed by atoms with E-state index in [1.54, 1.807) is 25.3 Å². The predicted molar refractivity (Wildman–Crippen MR) is 110 cm³/mol. The molecule has 6 nitrogen and oxygen atoms in total. The average molecular weight is 376 g/mol. The molecule has 0 bridgehead atoms. The summed E-state index contributed by atoms with van der Waals surface area (Å²) in [5, 5.41) is 10.8. The standard InChI is InChI=1S/C22H24N4O2/c1-25(2)22(28)16-8-6-15(7-9-16)18-4-3-5-19-20(18)23-14-24-21(19)26-12-10-17(27)11-13-26/h3-9,14,17,27H,10-13H2,1-2H3. The monoisotopic (exact) mass is 376 g/mol. The number of carbonyl (C=O) groups is 1. The molecule has 0 radical (unpaired) electrons. The fourth-order valence-electron chi connectivity index (χ4n) is 3.69. The van der Waals surface area contributed by atoms with E-state index in [9.17, 15) is 9.90 Å². The van der Waals surface area contributed by atoms with Crippen LogP contribution in [-0.2, 0) is 0 Å². The van der Waals surface area contributed by atoms with E-state index >= 15 is 0 Å². The fraction of sp³-hybridized carbons (Fsp3) is 0.318. The average Bonchev–Trinajstić information content (AvgIpc) is 2.73. The Kier molecular flexibility index (Phi) is 4.96. The SMILES string of the molecule is CN(C)C(=O)c1ccc(-c2cccc3c(N4CCC(O)CC4)ncnc23)cc1. The van der Waals surface area contributed by atoms with Crippen molar-refractivity contribution in [2.75, 3.05) is 32.1 Å². The van der Waals surface area contributed by atoms with Crippen LogP contribution in [0, 0.1) is 0 Å². The van der Waals surface area contributed by atoms with Crippen LogP contribution in [0.5, 0.6) is 0 Å². The minimum absolute atomic E-state index is 0.0126. The largest absolute Gasteiger partial charge is 0.393 e. The second kappa shape index (κ2) is 7.56. The fourth-order valence-corrected chi connectivity index (χ4v) is 3.69. The number of hydrogen-bond donors (Lipinski definition) is 1. The number of nitrogens with zero attached hydrogens (tertiary/aromatic N) is 4. The molecule has 0 aliphatic carbocycles. The number of anilines is 1. The molecule has 1 aliphatic rings. The summed E-state index contributed by atoms with van der Waals surface area (Å²) in [7, 11) is 3.50. The topological polar surface area (TPSA) is 69.6 Å². The van der Waals surface area contributed by atoms with Gasteiger partial charge in [-0.3, -0.25) is 4.79 Å². The Balaban J connectivity index is 1.73. The van der Waals surface area contributed by atoms with E-state index in [-0.39, 0.29) is 12.0 Å². The van der Waals surface area contributed by atoms with Crippen LogP contribution in [0.15, 0.2) is 48.8 Å². The molecule has 0 atom stereocenters. The first-order valence-electron chi connectivity index (χ1n) is 9.53. The molecular weight excluding hydrogens is 352 g/mol. The summed E-state index contributed by atoms with van der Waals surface area (Å²) in [6.07, 6.45) is 2.90. The van der Waals surface area contributed by atoms with E-state index in [1.165, 1.54) is 0 Å². The van der Waals surface area contributed by atoms with Crippen LogP contribution in [0.3, 0.4) is 0 Å². The summed E-state index contributed by atoms with van der Waals surface area (Å²) >= 11 is 0. The van der Waals surface area contributed by atoms with Gasteiger partial charge in [-0.2, -0.15) is 0 Å². The van der Waals surface area contributed by atoms with Crippen molar-refractivity contribution in [2.24, 2.45) is 0 Å². The molecule has 1 aliphatic heterocycles. The van der Waals surface area contributed by atoms with Gasteiger partial charge in [0.05, 0.1) is 11.6 Å². The maximum Gasteiger partial charge on any atom is 0.253 e. The van der Waals surface area contributed by atoms with Gasteiger partial charge in [0.15, 0.2) is 0 Å². The third-order valence-electron chi connectivity index (χ3n) is 5.26. The first-order chi connectivity index (χ1) is 13.5. The first kappa shape index (κ1) is 18.4. The molecule has 2 heterocycles. The van der Waals surface area contributed by atoms with Crippen molar-refractivity contribution >= 4 is 22.6 Å². The minimum Gasteiger partial charge on any atom is -0.393 e. The lowest BCUT2D eigenvalue weighted by atomic mass is 10.00. The van der Waals surface area contributed by atoms with Crippen LogP contribution in [-0.4, -0.2) is 59.2 Å². The molecule has 0 unspecified atom stereocenters. The van der Waals surface area contributed by atoms with E-state index < -0.39 is 0 Å². The van der Waals surface area contributed by atoms with Gasteiger partial charge >= 0.3 is 0 Å². The van der Waals surface area contributed by atoms with Crippen molar-refractivity contribution in [3.63, 3.8) is 0 Å². The van der Waals surface area contributed by atoms with Crippen molar-refractivity contribution < 1.29 is 9.90 Å². The molecule has 1 N–H and O–H groups in total. The highest BCUT2D eigenvalue weighted by molar-refractivity contribution is 6.00. The molecule has 144 valence electrons. The number of amides is 1. The summed E-state index contributed by atoms with van der Waals surface area (Å²) in [4.78, 5) is 25.0. The second-order valence-corrected chi connectivity index (χ2v) is 7.39. The van der Waals surface area contributed by atoms with Gasteiger partial charge in [-0.05, 0) is 36.6 Å². The summed E-state index contributed by atoms with van der Waals surface area (Å²) in [6, 6.07) is 13.7. The van der Waals surface area contributed by atoms with Gasteiger partial charge in [0.2, 0.25) is 0 Å². The maximum atomic E-state index is 12.1. The van der Waals surface area contributed by atoms with Crippen molar-refractivity contribution in [1.82, 2.24) is 14.9 Å². The quantitative estimate of drug-likeness (QED) is 0.761. The lowest BCUT2D eigenvalue weighted by Crippen LogP contribution is -2.36. The molecule has 4 rings (SSSR count). The van der Waals surface area contributed by atoms with Crippen LogP contribution in [0.25, 0.3) is 22.0 Å². The van der Waals surface area contributed by atoms with E-state index in [4.69, 9.17) is 0 Å². The molecule has 1 aromatic heterocycles. The van der Waals surface area contributed by atoms with E-state index in [1.807, 2.05) is 42.5 Å². The van der Waals surface area contributed by atoms with Gasteiger partial charge in [-0.1, -0.05) is 24.3 Å². The maximum absolute atomic E-state index is 12.1. The highest BCUT2D eigenvalue weighted by Crippen LogP contribution is 2.32. The van der Waals surface area contributed by atoms with Crippen molar-refractivity contribution in [2.45, 2.75) is 18.9 Å². The smallest absolute Gasteiger partial charge is 0.253 e. The van der Waals surface area contributed by atoms with E-state index in [0.717, 1.165) is 53.8 Å². The van der Waals surface area contributed by atoms with Gasteiger partial charge < -0.3 is 14.9 Å². The number of piperidine rings is 1. The Morgan fingerprint density at radius 3 is 2.46 bits per heavy atom. The molecule has 0 saturated carbocycles. The van der Waals surface area contributed by atoms with Gasteiger partial charge in [0.25, 0.3) is 5.91 Å². The number of benzene rings is 2. The zero-order chi connectivity index (χ0) is 19.7. The molecule has 28 heavy (non-hydrogen) atoms. The van der Waals surface area contributed by atoms with Crippen LogP contribution >= 0.6 is 0 Å².